The van der Waals surface area contributed by atoms with Crippen LogP contribution in [0.15, 0.2) is 24.3 Å². The summed E-state index contributed by atoms with van der Waals surface area (Å²) < 4.78 is 13.8. The molecule has 0 aromatic heterocycles. The highest BCUT2D eigenvalue weighted by Gasteiger charge is 2.44. The fraction of sp³-hybridized carbons (Fsp3) is 0.632. The second-order valence-corrected chi connectivity index (χ2v) is 7.03. The molecule has 1 amide bonds. The molecule has 134 valence electrons. The molecule has 1 aromatic carbocycles. The van der Waals surface area contributed by atoms with Crippen LogP contribution in [0.3, 0.4) is 0 Å². The summed E-state index contributed by atoms with van der Waals surface area (Å²) in [5.41, 5.74) is 0.351. The number of likely N-dealkylation sites (N-methyl/N-ethyl adjacent to an activating group) is 1. The summed E-state index contributed by atoms with van der Waals surface area (Å²) in [6.07, 6.45) is 7.11. The SMILES string of the molecule is CNC1CCCN(C(=O)C2(c3cccc(F)c3)CCCCC2)C1.Cl. The van der Waals surface area contributed by atoms with E-state index in [0.29, 0.717) is 6.04 Å². The van der Waals surface area contributed by atoms with Gasteiger partial charge in [-0.25, -0.2) is 4.39 Å². The van der Waals surface area contributed by atoms with Crippen LogP contribution in [-0.4, -0.2) is 37.0 Å². The van der Waals surface area contributed by atoms with E-state index in [1.165, 1.54) is 12.5 Å². The second-order valence-electron chi connectivity index (χ2n) is 7.03. The number of hydrogen-bond acceptors (Lipinski definition) is 2. The van der Waals surface area contributed by atoms with Gasteiger partial charge in [-0.15, -0.1) is 12.4 Å². The Kier molecular flexibility index (Phi) is 6.64. The van der Waals surface area contributed by atoms with Gasteiger partial charge in [0, 0.05) is 19.1 Å². The standard InChI is InChI=1S/C19H27FN2O.ClH/c1-21-17-9-6-12-22(14-17)18(23)19(10-3-2-4-11-19)15-7-5-8-16(20)13-15;/h5,7-8,13,17,21H,2-4,6,9-12,14H2,1H3;1H. The van der Waals surface area contributed by atoms with E-state index in [0.717, 1.165) is 57.2 Å². The van der Waals surface area contributed by atoms with Crippen molar-refractivity contribution in [1.82, 2.24) is 10.2 Å². The number of halogens is 2. The number of hydrogen-bond donors (Lipinski definition) is 1. The summed E-state index contributed by atoms with van der Waals surface area (Å²) in [5.74, 6) is -0.0326. The van der Waals surface area contributed by atoms with E-state index in [1.54, 1.807) is 12.1 Å². The number of amides is 1. The van der Waals surface area contributed by atoms with Crippen LogP contribution in [0.1, 0.15) is 50.5 Å². The van der Waals surface area contributed by atoms with Gasteiger partial charge in [-0.05, 0) is 50.4 Å². The normalized spacial score (nSPS) is 23.4. The van der Waals surface area contributed by atoms with Gasteiger partial charge in [0.15, 0.2) is 0 Å². The fourth-order valence-corrected chi connectivity index (χ4v) is 4.27. The Balaban J connectivity index is 0.00000208. The van der Waals surface area contributed by atoms with Gasteiger partial charge in [-0.2, -0.15) is 0 Å². The number of benzene rings is 1. The average Bonchev–Trinajstić information content (AvgIpc) is 2.61. The van der Waals surface area contributed by atoms with Crippen molar-refractivity contribution in [3.63, 3.8) is 0 Å². The van der Waals surface area contributed by atoms with Gasteiger partial charge in [0.05, 0.1) is 5.41 Å². The molecule has 2 aliphatic rings. The summed E-state index contributed by atoms with van der Waals surface area (Å²) in [4.78, 5) is 15.4. The van der Waals surface area contributed by atoms with Crippen LogP contribution in [0.2, 0.25) is 0 Å². The first kappa shape index (κ1) is 19.2. The van der Waals surface area contributed by atoms with Crippen molar-refractivity contribution >= 4 is 18.3 Å². The minimum absolute atomic E-state index is 0. The molecule has 5 heteroatoms. The van der Waals surface area contributed by atoms with Crippen molar-refractivity contribution < 1.29 is 9.18 Å². The van der Waals surface area contributed by atoms with Crippen molar-refractivity contribution in [3.8, 4) is 0 Å². The lowest BCUT2D eigenvalue weighted by molar-refractivity contribution is -0.140. The zero-order chi connectivity index (χ0) is 16.3. The van der Waals surface area contributed by atoms with Gasteiger partial charge in [0.2, 0.25) is 5.91 Å². The van der Waals surface area contributed by atoms with E-state index >= 15 is 0 Å². The Morgan fingerprint density at radius 3 is 2.67 bits per heavy atom. The molecule has 1 saturated carbocycles. The molecule has 3 nitrogen and oxygen atoms in total. The molecule has 3 rings (SSSR count). The molecule has 0 bridgehead atoms. The van der Waals surface area contributed by atoms with Crippen LogP contribution in [0.4, 0.5) is 4.39 Å². The molecule has 1 heterocycles. The highest BCUT2D eigenvalue weighted by molar-refractivity contribution is 5.88. The summed E-state index contributed by atoms with van der Waals surface area (Å²) in [6.45, 7) is 1.60. The van der Waals surface area contributed by atoms with Crippen molar-refractivity contribution in [1.29, 1.82) is 0 Å². The smallest absolute Gasteiger partial charge is 0.233 e. The predicted octanol–water partition coefficient (Wildman–Crippen LogP) is 3.66. The molecule has 24 heavy (non-hydrogen) atoms. The highest BCUT2D eigenvalue weighted by Crippen LogP contribution is 2.41. The number of rotatable bonds is 3. The predicted molar refractivity (Wildman–Crippen MR) is 97.1 cm³/mol. The fourth-order valence-electron chi connectivity index (χ4n) is 4.27. The molecular formula is C19H28ClFN2O. The molecule has 1 aliphatic carbocycles. The van der Waals surface area contributed by atoms with Crippen LogP contribution in [0.25, 0.3) is 0 Å². The molecule has 1 unspecified atom stereocenters. The monoisotopic (exact) mass is 354 g/mol. The Morgan fingerprint density at radius 2 is 2.00 bits per heavy atom. The van der Waals surface area contributed by atoms with E-state index < -0.39 is 5.41 Å². The number of nitrogens with one attached hydrogen (secondary N) is 1. The Bertz CT molecular complexity index is 560. The van der Waals surface area contributed by atoms with Crippen LogP contribution in [-0.2, 0) is 10.2 Å². The van der Waals surface area contributed by atoms with E-state index in [-0.39, 0.29) is 24.1 Å². The zero-order valence-electron chi connectivity index (χ0n) is 14.4. The van der Waals surface area contributed by atoms with Gasteiger partial charge >= 0.3 is 0 Å². The van der Waals surface area contributed by atoms with Crippen molar-refractivity contribution in [2.45, 2.75) is 56.4 Å². The molecule has 1 aliphatic heterocycles. The topological polar surface area (TPSA) is 32.3 Å². The lowest BCUT2D eigenvalue weighted by Crippen LogP contribution is -2.54. The molecular weight excluding hydrogens is 327 g/mol. The summed E-state index contributed by atoms with van der Waals surface area (Å²) >= 11 is 0. The molecule has 2 fully saturated rings. The van der Waals surface area contributed by atoms with Gasteiger partial charge < -0.3 is 10.2 Å². The first-order chi connectivity index (χ1) is 11.2. The second kappa shape index (κ2) is 8.30. The number of piperidine rings is 1. The van der Waals surface area contributed by atoms with Crippen LogP contribution >= 0.6 is 12.4 Å². The molecule has 1 N–H and O–H groups in total. The highest BCUT2D eigenvalue weighted by atomic mass is 35.5. The minimum Gasteiger partial charge on any atom is -0.340 e. The van der Waals surface area contributed by atoms with Crippen LogP contribution in [0, 0.1) is 5.82 Å². The molecule has 0 spiro atoms. The van der Waals surface area contributed by atoms with E-state index in [4.69, 9.17) is 0 Å². The molecule has 1 saturated heterocycles. The number of likely N-dealkylation sites (tertiary alicyclic amines) is 1. The van der Waals surface area contributed by atoms with Gasteiger partial charge in [-0.1, -0.05) is 31.4 Å². The Morgan fingerprint density at radius 1 is 1.25 bits per heavy atom. The molecule has 1 atom stereocenters. The largest absolute Gasteiger partial charge is 0.340 e. The van der Waals surface area contributed by atoms with Crippen molar-refractivity contribution in [2.24, 2.45) is 0 Å². The van der Waals surface area contributed by atoms with Gasteiger partial charge in [-0.3, -0.25) is 4.79 Å². The lowest BCUT2D eigenvalue weighted by Gasteiger charge is -2.43. The van der Waals surface area contributed by atoms with Gasteiger partial charge in [0.1, 0.15) is 5.82 Å². The number of nitrogens with zero attached hydrogens (tertiary/aromatic N) is 1. The first-order valence-electron chi connectivity index (χ1n) is 8.88. The third kappa shape index (κ3) is 3.75. The minimum atomic E-state index is -0.518. The van der Waals surface area contributed by atoms with Gasteiger partial charge in [0.25, 0.3) is 0 Å². The lowest BCUT2D eigenvalue weighted by atomic mass is 9.68. The average molecular weight is 355 g/mol. The Labute approximate surface area is 150 Å². The van der Waals surface area contributed by atoms with Crippen LogP contribution < -0.4 is 5.32 Å². The third-order valence-corrected chi connectivity index (χ3v) is 5.61. The van der Waals surface area contributed by atoms with E-state index in [2.05, 4.69) is 5.32 Å². The third-order valence-electron chi connectivity index (χ3n) is 5.61. The van der Waals surface area contributed by atoms with Crippen molar-refractivity contribution in [3.05, 3.63) is 35.6 Å². The molecule has 0 radical (unpaired) electrons. The quantitative estimate of drug-likeness (QED) is 0.898. The Hall–Kier alpha value is -1.13. The summed E-state index contributed by atoms with van der Waals surface area (Å²) in [7, 11) is 1.96. The van der Waals surface area contributed by atoms with E-state index in [9.17, 15) is 9.18 Å². The first-order valence-corrected chi connectivity index (χ1v) is 8.88. The summed E-state index contributed by atoms with van der Waals surface area (Å²) in [5, 5.41) is 3.30. The summed E-state index contributed by atoms with van der Waals surface area (Å²) in [6, 6.07) is 7.08. The number of carbonyl (C=O) groups is 1. The molecule has 1 aromatic rings. The zero-order valence-corrected chi connectivity index (χ0v) is 15.2. The maximum absolute atomic E-state index is 13.8. The van der Waals surface area contributed by atoms with Crippen molar-refractivity contribution in [2.75, 3.05) is 20.1 Å². The maximum Gasteiger partial charge on any atom is 0.233 e. The number of carbonyl (C=O) groups excluding carboxylic acids is 1. The van der Waals surface area contributed by atoms with Crippen LogP contribution in [0.5, 0.6) is 0 Å². The van der Waals surface area contributed by atoms with E-state index in [1.807, 2.05) is 18.0 Å². The maximum atomic E-state index is 13.8.